The van der Waals surface area contributed by atoms with Crippen LogP contribution in [0.3, 0.4) is 0 Å². The first kappa shape index (κ1) is 21.1. The molecule has 2 aromatic carbocycles. The van der Waals surface area contributed by atoms with Crippen LogP contribution >= 0.6 is 23.4 Å². The molecule has 156 valence electrons. The van der Waals surface area contributed by atoms with Crippen LogP contribution in [-0.2, 0) is 17.8 Å². The van der Waals surface area contributed by atoms with Crippen LogP contribution in [0.5, 0.6) is 0 Å². The molecule has 0 saturated heterocycles. The number of carbonyl (C=O) groups excluding carboxylic acids is 1. The number of halogens is 1. The van der Waals surface area contributed by atoms with Gasteiger partial charge in [0, 0.05) is 24.5 Å². The third-order valence-electron chi connectivity index (χ3n) is 4.58. The Labute approximate surface area is 189 Å². The van der Waals surface area contributed by atoms with Gasteiger partial charge in [0.05, 0.1) is 16.5 Å². The molecule has 4 rings (SSSR count). The van der Waals surface area contributed by atoms with E-state index in [1.165, 1.54) is 17.3 Å². The molecule has 0 aliphatic carbocycles. The molecule has 0 saturated carbocycles. The van der Waals surface area contributed by atoms with E-state index < -0.39 is 0 Å². The zero-order valence-corrected chi connectivity index (χ0v) is 18.2. The molecular weight excluding hydrogens is 430 g/mol. The largest absolute Gasteiger partial charge is 0.324 e. The van der Waals surface area contributed by atoms with E-state index in [4.69, 9.17) is 11.6 Å². The molecule has 1 amide bonds. The monoisotopic (exact) mass is 449 g/mol. The summed E-state index contributed by atoms with van der Waals surface area (Å²) in [5.74, 6) is 0.776. The summed E-state index contributed by atoms with van der Waals surface area (Å²) in [6.07, 6.45) is 4.32. The SMILES string of the molecule is O=C(CSc1nnc(-c2cccnc2)n1CCc1ccccc1)Nc1ccccc1Cl. The van der Waals surface area contributed by atoms with E-state index in [1.54, 1.807) is 24.5 Å². The summed E-state index contributed by atoms with van der Waals surface area (Å²) in [5, 5.41) is 12.7. The van der Waals surface area contributed by atoms with Gasteiger partial charge in [-0.3, -0.25) is 9.78 Å². The Balaban J connectivity index is 1.50. The summed E-state index contributed by atoms with van der Waals surface area (Å²) in [4.78, 5) is 16.6. The van der Waals surface area contributed by atoms with Crippen LogP contribution in [0.15, 0.2) is 84.3 Å². The second-order valence-electron chi connectivity index (χ2n) is 6.75. The molecule has 31 heavy (non-hydrogen) atoms. The molecule has 0 aliphatic heterocycles. The number of rotatable bonds is 8. The molecular formula is C23H20ClN5OS. The Morgan fingerprint density at radius 3 is 2.58 bits per heavy atom. The molecule has 0 atom stereocenters. The predicted molar refractivity (Wildman–Crippen MR) is 124 cm³/mol. The summed E-state index contributed by atoms with van der Waals surface area (Å²) in [7, 11) is 0. The van der Waals surface area contributed by atoms with Crippen molar-refractivity contribution in [2.45, 2.75) is 18.1 Å². The van der Waals surface area contributed by atoms with Crippen molar-refractivity contribution in [3.8, 4) is 11.4 Å². The zero-order valence-electron chi connectivity index (χ0n) is 16.6. The number of carbonyl (C=O) groups is 1. The molecule has 2 heterocycles. The van der Waals surface area contributed by atoms with E-state index >= 15 is 0 Å². The number of anilines is 1. The first-order valence-corrected chi connectivity index (χ1v) is 11.1. The zero-order chi connectivity index (χ0) is 21.5. The fourth-order valence-electron chi connectivity index (χ4n) is 3.07. The molecule has 0 unspecified atom stereocenters. The topological polar surface area (TPSA) is 72.7 Å². The maximum absolute atomic E-state index is 12.4. The fraction of sp³-hybridized carbons (Fsp3) is 0.130. The number of hydrogen-bond donors (Lipinski definition) is 1. The maximum Gasteiger partial charge on any atom is 0.234 e. The number of hydrogen-bond acceptors (Lipinski definition) is 5. The van der Waals surface area contributed by atoms with Crippen LogP contribution in [0.4, 0.5) is 5.69 Å². The van der Waals surface area contributed by atoms with Gasteiger partial charge in [-0.05, 0) is 36.2 Å². The average molecular weight is 450 g/mol. The molecule has 4 aromatic rings. The highest BCUT2D eigenvalue weighted by molar-refractivity contribution is 7.99. The van der Waals surface area contributed by atoms with E-state index in [0.29, 0.717) is 22.4 Å². The highest BCUT2D eigenvalue weighted by atomic mass is 35.5. The first-order chi connectivity index (χ1) is 15.2. The summed E-state index contributed by atoms with van der Waals surface area (Å²) in [6, 6.07) is 21.2. The molecule has 0 radical (unpaired) electrons. The van der Waals surface area contributed by atoms with Crippen LogP contribution in [0.25, 0.3) is 11.4 Å². The van der Waals surface area contributed by atoms with Crippen molar-refractivity contribution in [3.63, 3.8) is 0 Å². The predicted octanol–water partition coefficient (Wildman–Crippen LogP) is 4.97. The highest BCUT2D eigenvalue weighted by Crippen LogP contribution is 2.25. The molecule has 0 spiro atoms. The first-order valence-electron chi connectivity index (χ1n) is 9.75. The third kappa shape index (κ3) is 5.51. The van der Waals surface area contributed by atoms with Crippen LogP contribution < -0.4 is 5.32 Å². The quantitative estimate of drug-likeness (QED) is 0.384. The molecule has 6 nitrogen and oxygen atoms in total. The van der Waals surface area contributed by atoms with Gasteiger partial charge in [0.25, 0.3) is 0 Å². The standard InChI is InChI=1S/C23H20ClN5OS/c24-19-10-4-5-11-20(19)26-21(30)16-31-23-28-27-22(18-9-6-13-25-15-18)29(23)14-12-17-7-2-1-3-8-17/h1-11,13,15H,12,14,16H2,(H,26,30). The van der Waals surface area contributed by atoms with Crippen LogP contribution in [0.2, 0.25) is 5.02 Å². The smallest absolute Gasteiger partial charge is 0.234 e. The lowest BCUT2D eigenvalue weighted by Crippen LogP contribution is -2.15. The van der Waals surface area contributed by atoms with Crippen molar-refractivity contribution in [1.29, 1.82) is 0 Å². The molecule has 0 aliphatic rings. The summed E-state index contributed by atoms with van der Waals surface area (Å²) in [6.45, 7) is 0.690. The molecule has 0 fully saturated rings. The lowest BCUT2D eigenvalue weighted by atomic mass is 10.1. The van der Waals surface area contributed by atoms with Crippen LogP contribution in [-0.4, -0.2) is 31.4 Å². The van der Waals surface area contributed by atoms with Gasteiger partial charge in [0.2, 0.25) is 5.91 Å². The highest BCUT2D eigenvalue weighted by Gasteiger charge is 2.16. The summed E-state index contributed by atoms with van der Waals surface area (Å²) < 4.78 is 2.04. The van der Waals surface area contributed by atoms with Gasteiger partial charge in [0.15, 0.2) is 11.0 Å². The van der Waals surface area contributed by atoms with Gasteiger partial charge in [-0.2, -0.15) is 0 Å². The second-order valence-corrected chi connectivity index (χ2v) is 8.10. The van der Waals surface area contributed by atoms with Gasteiger partial charge in [-0.15, -0.1) is 10.2 Å². The summed E-state index contributed by atoms with van der Waals surface area (Å²) >= 11 is 7.47. The number of nitrogens with zero attached hydrogens (tertiary/aromatic N) is 4. The van der Waals surface area contributed by atoms with Crippen LogP contribution in [0, 0.1) is 0 Å². The molecule has 1 N–H and O–H groups in total. The van der Waals surface area contributed by atoms with E-state index in [2.05, 4.69) is 32.6 Å². The number of aromatic nitrogens is 4. The molecule has 8 heteroatoms. The fourth-order valence-corrected chi connectivity index (χ4v) is 4.02. The molecule has 2 aromatic heterocycles. The van der Waals surface area contributed by atoms with E-state index in [1.807, 2.05) is 47.0 Å². The van der Waals surface area contributed by atoms with Gasteiger partial charge >= 0.3 is 0 Å². The van der Waals surface area contributed by atoms with E-state index in [0.717, 1.165) is 17.8 Å². The van der Waals surface area contributed by atoms with E-state index in [9.17, 15) is 4.79 Å². The van der Waals surface area contributed by atoms with Gasteiger partial charge in [-0.1, -0.05) is 65.8 Å². The van der Waals surface area contributed by atoms with Gasteiger partial charge < -0.3 is 9.88 Å². The Bertz CT molecular complexity index is 1150. The lowest BCUT2D eigenvalue weighted by Gasteiger charge is -2.11. The van der Waals surface area contributed by atoms with Gasteiger partial charge in [-0.25, -0.2) is 0 Å². The molecule has 0 bridgehead atoms. The average Bonchev–Trinajstić information content (AvgIpc) is 3.22. The number of thioether (sulfide) groups is 1. The van der Waals surface area contributed by atoms with Crippen molar-refractivity contribution in [3.05, 3.63) is 89.7 Å². The second kappa shape index (κ2) is 10.2. The Morgan fingerprint density at radius 1 is 1.00 bits per heavy atom. The van der Waals surface area contributed by atoms with Crippen molar-refractivity contribution in [1.82, 2.24) is 19.7 Å². The van der Waals surface area contributed by atoms with Crippen molar-refractivity contribution >= 4 is 35.0 Å². The van der Waals surface area contributed by atoms with Crippen molar-refractivity contribution in [2.24, 2.45) is 0 Å². The number of amides is 1. The Morgan fingerprint density at radius 2 is 1.81 bits per heavy atom. The Kier molecular flexibility index (Phi) is 6.96. The number of benzene rings is 2. The minimum absolute atomic E-state index is 0.154. The third-order valence-corrected chi connectivity index (χ3v) is 5.88. The maximum atomic E-state index is 12.4. The van der Waals surface area contributed by atoms with Crippen LogP contribution in [0.1, 0.15) is 5.56 Å². The summed E-state index contributed by atoms with van der Waals surface area (Å²) in [5.41, 5.74) is 2.70. The van der Waals surface area contributed by atoms with Gasteiger partial charge in [0.1, 0.15) is 0 Å². The number of pyridine rings is 1. The van der Waals surface area contributed by atoms with Crippen molar-refractivity contribution in [2.75, 3.05) is 11.1 Å². The minimum atomic E-state index is -0.154. The number of aryl methyl sites for hydroxylation is 1. The lowest BCUT2D eigenvalue weighted by molar-refractivity contribution is -0.113. The Hall–Kier alpha value is -3.16. The number of nitrogens with one attached hydrogen (secondary N) is 1. The normalized spacial score (nSPS) is 10.7. The minimum Gasteiger partial charge on any atom is -0.324 e. The number of para-hydroxylation sites is 1. The van der Waals surface area contributed by atoms with Crippen molar-refractivity contribution < 1.29 is 4.79 Å². The van der Waals surface area contributed by atoms with E-state index in [-0.39, 0.29) is 11.7 Å².